The van der Waals surface area contributed by atoms with Crippen LogP contribution in [0.3, 0.4) is 0 Å². The minimum absolute atomic E-state index is 0.415. The summed E-state index contributed by atoms with van der Waals surface area (Å²) in [6, 6.07) is 0.415. The summed E-state index contributed by atoms with van der Waals surface area (Å²) in [7, 11) is 0. The summed E-state index contributed by atoms with van der Waals surface area (Å²) in [5, 5.41) is 4.53. The van der Waals surface area contributed by atoms with Crippen molar-refractivity contribution in [2.75, 3.05) is 18.9 Å². The van der Waals surface area contributed by atoms with Gasteiger partial charge in [0.05, 0.1) is 12.6 Å². The number of hydrogen-bond donors (Lipinski definition) is 1. The maximum absolute atomic E-state index is 6.00. The Morgan fingerprint density at radius 2 is 2.12 bits per heavy atom. The molecule has 2 N–H and O–H groups in total. The van der Waals surface area contributed by atoms with Crippen LogP contribution in [0.4, 0.5) is 5.82 Å². The van der Waals surface area contributed by atoms with Gasteiger partial charge in [-0.1, -0.05) is 0 Å². The van der Waals surface area contributed by atoms with Crippen LogP contribution in [-0.4, -0.2) is 23.0 Å². The minimum Gasteiger partial charge on any atom is -0.382 e. The highest BCUT2D eigenvalue weighted by atomic mass is 16.5. The number of nitrogens with two attached hydrogens (primary N) is 1. The molecule has 0 spiro atoms. The Hall–Kier alpha value is -1.03. The number of ether oxygens (including phenoxy) is 1. The van der Waals surface area contributed by atoms with Gasteiger partial charge in [0.25, 0.3) is 0 Å². The van der Waals surface area contributed by atoms with E-state index >= 15 is 0 Å². The van der Waals surface area contributed by atoms with Gasteiger partial charge in [-0.05, 0) is 38.5 Å². The van der Waals surface area contributed by atoms with Gasteiger partial charge >= 0.3 is 0 Å². The lowest BCUT2D eigenvalue weighted by Gasteiger charge is -2.25. The summed E-state index contributed by atoms with van der Waals surface area (Å²) in [4.78, 5) is 0. The van der Waals surface area contributed by atoms with Crippen molar-refractivity contribution in [3.63, 3.8) is 0 Å². The second-order valence-electron chi connectivity index (χ2n) is 4.83. The van der Waals surface area contributed by atoms with Gasteiger partial charge in [0.2, 0.25) is 0 Å². The van der Waals surface area contributed by atoms with E-state index in [9.17, 15) is 0 Å². The Bertz CT molecular complexity index is 380. The van der Waals surface area contributed by atoms with Crippen molar-refractivity contribution >= 4 is 5.82 Å². The van der Waals surface area contributed by atoms with Crippen LogP contribution in [0.25, 0.3) is 0 Å². The smallest absolute Gasteiger partial charge is 0.148 e. The molecule has 4 heteroatoms. The molecule has 1 aromatic heterocycles. The first-order valence-electron chi connectivity index (χ1n) is 6.30. The summed E-state index contributed by atoms with van der Waals surface area (Å²) in [6.07, 6.45) is 7.08. The molecule has 0 radical (unpaired) electrons. The molecular formula is C12H19N3O. The Labute approximate surface area is 95.8 Å². The van der Waals surface area contributed by atoms with Crippen LogP contribution in [0, 0.1) is 0 Å². The highest BCUT2D eigenvalue weighted by Crippen LogP contribution is 2.30. The van der Waals surface area contributed by atoms with E-state index in [0.29, 0.717) is 6.04 Å². The molecule has 0 amide bonds. The van der Waals surface area contributed by atoms with Crippen molar-refractivity contribution in [1.82, 2.24) is 9.78 Å². The van der Waals surface area contributed by atoms with Crippen molar-refractivity contribution in [3.05, 3.63) is 11.3 Å². The average molecular weight is 221 g/mol. The first-order chi connectivity index (χ1) is 7.86. The predicted molar refractivity (Wildman–Crippen MR) is 62.4 cm³/mol. The molecule has 0 bridgehead atoms. The number of nitrogen functional groups attached to an aromatic ring is 1. The van der Waals surface area contributed by atoms with Crippen molar-refractivity contribution in [2.45, 2.75) is 44.6 Å². The van der Waals surface area contributed by atoms with Crippen LogP contribution in [0.2, 0.25) is 0 Å². The molecule has 1 saturated heterocycles. The topological polar surface area (TPSA) is 53.1 Å². The lowest BCUT2D eigenvalue weighted by Crippen LogP contribution is -2.24. The summed E-state index contributed by atoms with van der Waals surface area (Å²) in [5.41, 5.74) is 8.67. The van der Waals surface area contributed by atoms with Crippen molar-refractivity contribution < 1.29 is 4.74 Å². The van der Waals surface area contributed by atoms with E-state index in [2.05, 4.69) is 9.78 Å². The third kappa shape index (κ3) is 1.61. The zero-order valence-corrected chi connectivity index (χ0v) is 9.61. The standard InChI is InChI=1S/C12H19N3O/c13-12-10-5-1-2-6-11(10)15(14-12)9-4-3-7-16-8-9/h9H,1-8H2,(H2,13,14). The first-order valence-corrected chi connectivity index (χ1v) is 6.30. The molecule has 3 rings (SSSR count). The van der Waals surface area contributed by atoms with Gasteiger partial charge in [-0.15, -0.1) is 0 Å². The summed E-state index contributed by atoms with van der Waals surface area (Å²) < 4.78 is 7.69. The molecule has 1 unspecified atom stereocenters. The number of rotatable bonds is 1. The van der Waals surface area contributed by atoms with Crippen LogP contribution in [0.1, 0.15) is 43.0 Å². The van der Waals surface area contributed by atoms with Gasteiger partial charge in [-0.25, -0.2) is 0 Å². The SMILES string of the molecule is Nc1nn(C2CCCOC2)c2c1CCCC2. The van der Waals surface area contributed by atoms with Crippen molar-refractivity contribution in [1.29, 1.82) is 0 Å². The van der Waals surface area contributed by atoms with Gasteiger partial charge < -0.3 is 10.5 Å². The summed E-state index contributed by atoms with van der Waals surface area (Å²) >= 11 is 0. The van der Waals surface area contributed by atoms with Gasteiger partial charge in [-0.2, -0.15) is 5.10 Å². The lowest BCUT2D eigenvalue weighted by atomic mass is 9.97. The molecule has 0 saturated carbocycles. The number of nitrogens with zero attached hydrogens (tertiary/aromatic N) is 2. The molecule has 16 heavy (non-hydrogen) atoms. The van der Waals surface area contributed by atoms with E-state index in [0.717, 1.165) is 38.3 Å². The van der Waals surface area contributed by atoms with Crippen LogP contribution < -0.4 is 5.73 Å². The van der Waals surface area contributed by atoms with E-state index in [-0.39, 0.29) is 0 Å². The molecule has 2 aliphatic rings. The van der Waals surface area contributed by atoms with Gasteiger partial charge in [0, 0.05) is 17.9 Å². The Morgan fingerprint density at radius 3 is 2.94 bits per heavy atom. The Balaban J connectivity index is 1.93. The number of anilines is 1. The van der Waals surface area contributed by atoms with Crippen LogP contribution in [0.5, 0.6) is 0 Å². The van der Waals surface area contributed by atoms with E-state index in [1.807, 2.05) is 0 Å². The quantitative estimate of drug-likeness (QED) is 0.785. The monoisotopic (exact) mass is 221 g/mol. The summed E-state index contributed by atoms with van der Waals surface area (Å²) in [6.45, 7) is 1.70. The van der Waals surface area contributed by atoms with Crippen LogP contribution in [0.15, 0.2) is 0 Å². The summed E-state index contributed by atoms with van der Waals surface area (Å²) in [5.74, 6) is 0.750. The van der Waals surface area contributed by atoms with E-state index in [1.54, 1.807) is 0 Å². The van der Waals surface area contributed by atoms with Crippen molar-refractivity contribution in [3.8, 4) is 0 Å². The highest BCUT2D eigenvalue weighted by molar-refractivity contribution is 5.44. The molecule has 1 fully saturated rings. The van der Waals surface area contributed by atoms with E-state index in [1.165, 1.54) is 30.5 Å². The van der Waals surface area contributed by atoms with E-state index in [4.69, 9.17) is 10.5 Å². The fourth-order valence-corrected chi connectivity index (χ4v) is 2.87. The zero-order chi connectivity index (χ0) is 11.0. The number of hydrogen-bond acceptors (Lipinski definition) is 3. The molecule has 1 aliphatic heterocycles. The maximum Gasteiger partial charge on any atom is 0.148 e. The van der Waals surface area contributed by atoms with Crippen LogP contribution in [-0.2, 0) is 17.6 Å². The minimum atomic E-state index is 0.415. The largest absolute Gasteiger partial charge is 0.382 e. The molecule has 0 aromatic carbocycles. The van der Waals surface area contributed by atoms with Gasteiger partial charge in [-0.3, -0.25) is 4.68 Å². The second-order valence-corrected chi connectivity index (χ2v) is 4.83. The Kier molecular flexibility index (Phi) is 2.59. The number of fused-ring (bicyclic) bond motifs is 1. The fraction of sp³-hybridized carbons (Fsp3) is 0.750. The zero-order valence-electron chi connectivity index (χ0n) is 9.61. The highest BCUT2D eigenvalue weighted by Gasteiger charge is 2.25. The first kappa shape index (κ1) is 10.1. The van der Waals surface area contributed by atoms with Crippen LogP contribution >= 0.6 is 0 Å². The third-order valence-corrected chi connectivity index (χ3v) is 3.72. The molecule has 4 nitrogen and oxygen atoms in total. The number of aromatic nitrogens is 2. The normalized spacial score (nSPS) is 25.4. The van der Waals surface area contributed by atoms with Gasteiger partial charge in [0.1, 0.15) is 5.82 Å². The molecule has 1 aromatic rings. The fourth-order valence-electron chi connectivity index (χ4n) is 2.87. The third-order valence-electron chi connectivity index (χ3n) is 3.72. The molecule has 1 atom stereocenters. The average Bonchev–Trinajstić information content (AvgIpc) is 2.69. The van der Waals surface area contributed by atoms with Gasteiger partial charge in [0.15, 0.2) is 0 Å². The lowest BCUT2D eigenvalue weighted by molar-refractivity contribution is 0.0538. The molecule has 88 valence electrons. The second kappa shape index (κ2) is 4.09. The maximum atomic E-state index is 6.00. The Morgan fingerprint density at radius 1 is 1.25 bits per heavy atom. The predicted octanol–water partition coefficient (Wildman–Crippen LogP) is 1.70. The van der Waals surface area contributed by atoms with Crippen molar-refractivity contribution in [2.24, 2.45) is 0 Å². The molecule has 1 aliphatic carbocycles. The van der Waals surface area contributed by atoms with E-state index < -0.39 is 0 Å². The molecular weight excluding hydrogens is 202 g/mol. The molecule has 2 heterocycles.